The van der Waals surface area contributed by atoms with Crippen molar-refractivity contribution < 1.29 is 4.74 Å². The zero-order chi connectivity index (χ0) is 13.0. The summed E-state index contributed by atoms with van der Waals surface area (Å²) in [5.74, 6) is 1.46. The highest BCUT2D eigenvalue weighted by Gasteiger charge is 2.20. The third-order valence-corrected chi connectivity index (χ3v) is 3.09. The van der Waals surface area contributed by atoms with Gasteiger partial charge in [0, 0.05) is 18.2 Å². The molecule has 5 nitrogen and oxygen atoms in total. The highest BCUT2D eigenvalue weighted by Crippen LogP contribution is 2.17. The van der Waals surface area contributed by atoms with E-state index in [2.05, 4.69) is 27.5 Å². The standard InChI is InChI=1S/C13H22N4O/c1-9(2)18-13-7-12(15-8-16-13)17-11-5-4-6-14-10(11)3/h7-11,14H,4-6H2,1-3H3,(H,15,16,17). The number of nitrogens with zero attached hydrogens (tertiary/aromatic N) is 2. The van der Waals surface area contributed by atoms with E-state index in [0.29, 0.717) is 18.0 Å². The second-order valence-corrected chi connectivity index (χ2v) is 5.04. The van der Waals surface area contributed by atoms with Crippen molar-refractivity contribution in [2.75, 3.05) is 11.9 Å². The molecule has 1 aliphatic heterocycles. The Bertz CT molecular complexity index is 383. The van der Waals surface area contributed by atoms with Crippen molar-refractivity contribution in [2.24, 2.45) is 0 Å². The van der Waals surface area contributed by atoms with Crippen LogP contribution in [0, 0.1) is 0 Å². The smallest absolute Gasteiger partial charge is 0.218 e. The van der Waals surface area contributed by atoms with Gasteiger partial charge in [-0.25, -0.2) is 9.97 Å². The van der Waals surface area contributed by atoms with E-state index in [1.165, 1.54) is 12.8 Å². The molecule has 2 unspecified atom stereocenters. The number of anilines is 1. The number of ether oxygens (including phenoxy) is 1. The first-order chi connectivity index (χ1) is 8.65. The fourth-order valence-electron chi connectivity index (χ4n) is 2.16. The molecule has 2 atom stereocenters. The molecule has 0 aromatic carbocycles. The van der Waals surface area contributed by atoms with Gasteiger partial charge in [0.2, 0.25) is 5.88 Å². The van der Waals surface area contributed by atoms with Gasteiger partial charge in [0.05, 0.1) is 6.10 Å². The van der Waals surface area contributed by atoms with Crippen LogP contribution in [-0.2, 0) is 0 Å². The fraction of sp³-hybridized carbons (Fsp3) is 0.692. The topological polar surface area (TPSA) is 59.1 Å². The van der Waals surface area contributed by atoms with Gasteiger partial charge in [0.15, 0.2) is 0 Å². The summed E-state index contributed by atoms with van der Waals surface area (Å²) in [5, 5.41) is 6.91. The van der Waals surface area contributed by atoms with Gasteiger partial charge in [-0.15, -0.1) is 0 Å². The predicted molar refractivity (Wildman–Crippen MR) is 71.9 cm³/mol. The highest BCUT2D eigenvalue weighted by molar-refractivity contribution is 5.38. The number of nitrogens with one attached hydrogen (secondary N) is 2. The van der Waals surface area contributed by atoms with E-state index in [-0.39, 0.29) is 6.10 Å². The molecular weight excluding hydrogens is 228 g/mol. The van der Waals surface area contributed by atoms with Crippen LogP contribution >= 0.6 is 0 Å². The number of rotatable bonds is 4. The second kappa shape index (κ2) is 6.00. The quantitative estimate of drug-likeness (QED) is 0.853. The predicted octanol–water partition coefficient (Wildman–Crippen LogP) is 1.82. The van der Waals surface area contributed by atoms with Gasteiger partial charge >= 0.3 is 0 Å². The van der Waals surface area contributed by atoms with Gasteiger partial charge in [0.25, 0.3) is 0 Å². The highest BCUT2D eigenvalue weighted by atomic mass is 16.5. The molecule has 1 aromatic heterocycles. The molecule has 1 saturated heterocycles. The Morgan fingerprint density at radius 3 is 3.00 bits per heavy atom. The van der Waals surface area contributed by atoms with Crippen molar-refractivity contribution in [1.29, 1.82) is 0 Å². The van der Waals surface area contributed by atoms with Crippen LogP contribution in [0.1, 0.15) is 33.6 Å². The lowest BCUT2D eigenvalue weighted by atomic mass is 10.00. The first-order valence-corrected chi connectivity index (χ1v) is 6.64. The summed E-state index contributed by atoms with van der Waals surface area (Å²) in [6.45, 7) is 7.28. The summed E-state index contributed by atoms with van der Waals surface area (Å²) >= 11 is 0. The van der Waals surface area contributed by atoms with Crippen molar-refractivity contribution in [3.8, 4) is 5.88 Å². The Morgan fingerprint density at radius 1 is 1.44 bits per heavy atom. The number of piperidine rings is 1. The SMILES string of the molecule is CC(C)Oc1cc(NC2CCCNC2C)ncn1. The number of hydrogen-bond donors (Lipinski definition) is 2. The van der Waals surface area contributed by atoms with E-state index < -0.39 is 0 Å². The van der Waals surface area contributed by atoms with E-state index in [1.54, 1.807) is 6.33 Å². The Hall–Kier alpha value is -1.36. The summed E-state index contributed by atoms with van der Waals surface area (Å²) in [4.78, 5) is 8.35. The Labute approximate surface area is 108 Å². The third-order valence-electron chi connectivity index (χ3n) is 3.09. The van der Waals surface area contributed by atoms with Crippen molar-refractivity contribution in [1.82, 2.24) is 15.3 Å². The van der Waals surface area contributed by atoms with Crippen LogP contribution in [0.25, 0.3) is 0 Å². The largest absolute Gasteiger partial charge is 0.475 e. The minimum absolute atomic E-state index is 0.128. The van der Waals surface area contributed by atoms with Gasteiger partial charge in [-0.1, -0.05) is 0 Å². The van der Waals surface area contributed by atoms with E-state index in [9.17, 15) is 0 Å². The number of hydrogen-bond acceptors (Lipinski definition) is 5. The van der Waals surface area contributed by atoms with Crippen LogP contribution in [0.5, 0.6) is 5.88 Å². The summed E-state index contributed by atoms with van der Waals surface area (Å²) in [5.41, 5.74) is 0. The van der Waals surface area contributed by atoms with E-state index in [1.807, 2.05) is 19.9 Å². The van der Waals surface area contributed by atoms with E-state index in [4.69, 9.17) is 4.74 Å². The zero-order valence-corrected chi connectivity index (χ0v) is 11.3. The lowest BCUT2D eigenvalue weighted by molar-refractivity contribution is 0.232. The van der Waals surface area contributed by atoms with Crippen LogP contribution in [0.2, 0.25) is 0 Å². The third kappa shape index (κ3) is 3.57. The fourth-order valence-corrected chi connectivity index (χ4v) is 2.16. The first kappa shape index (κ1) is 13.1. The van der Waals surface area contributed by atoms with E-state index >= 15 is 0 Å². The minimum atomic E-state index is 0.128. The molecule has 0 radical (unpaired) electrons. The molecule has 1 aromatic rings. The van der Waals surface area contributed by atoms with Gasteiger partial charge < -0.3 is 15.4 Å². The molecule has 2 heterocycles. The molecule has 1 fully saturated rings. The second-order valence-electron chi connectivity index (χ2n) is 5.04. The lowest BCUT2D eigenvalue weighted by Crippen LogP contribution is -2.46. The molecule has 5 heteroatoms. The molecule has 2 rings (SSSR count). The maximum atomic E-state index is 5.56. The summed E-state index contributed by atoms with van der Waals surface area (Å²) < 4.78 is 5.56. The lowest BCUT2D eigenvalue weighted by Gasteiger charge is -2.31. The van der Waals surface area contributed by atoms with Gasteiger partial charge in [-0.2, -0.15) is 0 Å². The Morgan fingerprint density at radius 2 is 2.28 bits per heavy atom. The van der Waals surface area contributed by atoms with Crippen LogP contribution in [0.3, 0.4) is 0 Å². The minimum Gasteiger partial charge on any atom is -0.475 e. The van der Waals surface area contributed by atoms with Crippen molar-refractivity contribution in [3.63, 3.8) is 0 Å². The van der Waals surface area contributed by atoms with Gasteiger partial charge in [0.1, 0.15) is 12.1 Å². The van der Waals surface area contributed by atoms with Crippen LogP contribution < -0.4 is 15.4 Å². The average molecular weight is 250 g/mol. The maximum Gasteiger partial charge on any atom is 0.218 e. The molecular formula is C13H22N4O. The van der Waals surface area contributed by atoms with Crippen LogP contribution in [0.4, 0.5) is 5.82 Å². The average Bonchev–Trinajstić information content (AvgIpc) is 2.32. The summed E-state index contributed by atoms with van der Waals surface area (Å²) in [6.07, 6.45) is 4.03. The number of aromatic nitrogens is 2. The monoisotopic (exact) mass is 250 g/mol. The van der Waals surface area contributed by atoms with Crippen LogP contribution in [-0.4, -0.2) is 34.7 Å². The molecule has 0 amide bonds. The van der Waals surface area contributed by atoms with Crippen molar-refractivity contribution in [3.05, 3.63) is 12.4 Å². The molecule has 18 heavy (non-hydrogen) atoms. The molecule has 1 aliphatic rings. The normalized spacial score (nSPS) is 24.0. The molecule has 0 saturated carbocycles. The van der Waals surface area contributed by atoms with Crippen molar-refractivity contribution in [2.45, 2.75) is 51.8 Å². The maximum absolute atomic E-state index is 5.56. The van der Waals surface area contributed by atoms with Crippen LogP contribution in [0.15, 0.2) is 12.4 Å². The van der Waals surface area contributed by atoms with Gasteiger partial charge in [-0.05, 0) is 40.2 Å². The van der Waals surface area contributed by atoms with Gasteiger partial charge in [-0.3, -0.25) is 0 Å². The molecule has 2 N–H and O–H groups in total. The summed E-state index contributed by atoms with van der Waals surface area (Å²) in [7, 11) is 0. The van der Waals surface area contributed by atoms with Crippen molar-refractivity contribution >= 4 is 5.82 Å². The molecule has 0 bridgehead atoms. The first-order valence-electron chi connectivity index (χ1n) is 6.64. The molecule has 100 valence electrons. The molecule has 0 spiro atoms. The molecule has 0 aliphatic carbocycles. The zero-order valence-electron chi connectivity index (χ0n) is 11.3. The Balaban J connectivity index is 1.99. The van der Waals surface area contributed by atoms with E-state index in [0.717, 1.165) is 12.4 Å². The summed E-state index contributed by atoms with van der Waals surface area (Å²) in [6, 6.07) is 2.74. The Kier molecular flexibility index (Phi) is 4.36.